The fourth-order valence-corrected chi connectivity index (χ4v) is 3.87. The van der Waals surface area contributed by atoms with E-state index in [-0.39, 0.29) is 14.9 Å². The van der Waals surface area contributed by atoms with Crippen LogP contribution in [-0.4, -0.2) is 11.5 Å². The molecule has 0 saturated heterocycles. The molecule has 0 radical (unpaired) electrons. The van der Waals surface area contributed by atoms with E-state index in [1.807, 2.05) is 0 Å². The Kier molecular flexibility index (Phi) is 4.29. The highest BCUT2D eigenvalue weighted by molar-refractivity contribution is 9.27. The lowest BCUT2D eigenvalue weighted by atomic mass is 10.4. The van der Waals surface area contributed by atoms with Crippen molar-refractivity contribution in [3.8, 4) is 0 Å². The monoisotopic (exact) mass is 380 g/mol. The van der Waals surface area contributed by atoms with Crippen molar-refractivity contribution < 1.29 is 8.42 Å². The Balaban J connectivity index is 3.48. The molecule has 0 fully saturated rings. The Morgan fingerprint density at radius 1 is 1.14 bits per heavy atom. The largest absolute Gasteiger partial charge is 0.222 e. The molecule has 0 N–H and O–H groups in total. The zero-order valence-corrected chi connectivity index (χ0v) is 12.0. The van der Waals surface area contributed by atoms with Crippen LogP contribution in [0.4, 0.5) is 0 Å². The van der Waals surface area contributed by atoms with Gasteiger partial charge in [-0.3, -0.25) is 0 Å². The molecule has 0 atom stereocenters. The van der Waals surface area contributed by atoms with Gasteiger partial charge in [0.25, 0.3) is 0 Å². The van der Waals surface area contributed by atoms with Crippen LogP contribution in [0.5, 0.6) is 0 Å². The summed E-state index contributed by atoms with van der Waals surface area (Å²) in [4.78, 5) is -0.0675. The third-order valence-corrected chi connectivity index (χ3v) is 6.72. The fourth-order valence-electron chi connectivity index (χ4n) is 0.843. The predicted octanol–water partition coefficient (Wildman–Crippen LogP) is 3.84. The Morgan fingerprint density at radius 3 is 1.93 bits per heavy atom. The summed E-state index contributed by atoms with van der Waals surface area (Å²) >= 11 is 17.3. The maximum atomic E-state index is 11.7. The van der Waals surface area contributed by atoms with Crippen LogP contribution in [0.2, 0.25) is 10.0 Å². The van der Waals surface area contributed by atoms with E-state index >= 15 is 0 Å². The van der Waals surface area contributed by atoms with Crippen LogP contribution >= 0.6 is 55.1 Å². The van der Waals surface area contributed by atoms with Gasteiger partial charge in [-0.15, -0.1) is 0 Å². The molecule has 1 aromatic rings. The lowest BCUT2D eigenvalue weighted by Crippen LogP contribution is -2.09. The smallest absolute Gasteiger partial charge is 0.204 e. The first kappa shape index (κ1) is 12.8. The minimum atomic E-state index is -3.57. The van der Waals surface area contributed by atoms with Gasteiger partial charge < -0.3 is 0 Å². The highest BCUT2D eigenvalue weighted by atomic mass is 79.9. The highest BCUT2D eigenvalue weighted by Crippen LogP contribution is 2.34. The van der Waals surface area contributed by atoms with Gasteiger partial charge in [0.2, 0.25) is 9.84 Å². The molecule has 0 bridgehead atoms. The lowest BCUT2D eigenvalue weighted by molar-refractivity contribution is 0.600. The summed E-state index contributed by atoms with van der Waals surface area (Å²) in [7, 11) is -3.57. The maximum Gasteiger partial charge on any atom is 0.204 e. The van der Waals surface area contributed by atoms with E-state index in [2.05, 4.69) is 31.9 Å². The molecule has 14 heavy (non-hydrogen) atoms. The Morgan fingerprint density at radius 2 is 1.57 bits per heavy atom. The molecule has 0 aliphatic carbocycles. The van der Waals surface area contributed by atoms with Crippen molar-refractivity contribution in [1.29, 1.82) is 0 Å². The number of sulfone groups is 1. The van der Waals surface area contributed by atoms with Crippen molar-refractivity contribution in [3.63, 3.8) is 0 Å². The van der Waals surface area contributed by atoms with Gasteiger partial charge in [-0.25, -0.2) is 8.42 Å². The summed E-state index contributed by atoms with van der Waals surface area (Å²) in [6.07, 6.45) is 0. The zero-order valence-electron chi connectivity index (χ0n) is 6.55. The Hall–Kier alpha value is 0.710. The second kappa shape index (κ2) is 4.70. The molecule has 0 unspecified atom stereocenters. The van der Waals surface area contributed by atoms with Crippen molar-refractivity contribution in [3.05, 3.63) is 28.2 Å². The van der Waals surface area contributed by atoms with E-state index in [9.17, 15) is 8.42 Å². The standard InChI is InChI=1S/C7H4Br2Cl2O2S/c8-7(9)14(12,13)6-4(10)2-1-3-5(6)11/h1-3,7H. The van der Waals surface area contributed by atoms with Crippen molar-refractivity contribution in [2.75, 3.05) is 0 Å². The van der Waals surface area contributed by atoms with Gasteiger partial charge in [0.15, 0.2) is 3.07 Å². The van der Waals surface area contributed by atoms with Gasteiger partial charge in [0.1, 0.15) is 4.90 Å². The van der Waals surface area contributed by atoms with Crippen LogP contribution in [-0.2, 0) is 9.84 Å². The molecular weight excluding hydrogens is 379 g/mol. The SMILES string of the molecule is O=S(=O)(c1c(Cl)cccc1Cl)C(Br)Br. The second-order valence-electron chi connectivity index (χ2n) is 2.36. The second-order valence-corrected chi connectivity index (χ2v) is 9.41. The summed E-state index contributed by atoms with van der Waals surface area (Å²) in [6, 6.07) is 4.53. The van der Waals surface area contributed by atoms with Crippen LogP contribution in [0.3, 0.4) is 0 Å². The Bertz CT molecular complexity index is 425. The average Bonchev–Trinajstić information content (AvgIpc) is 2.02. The molecule has 0 amide bonds. The summed E-state index contributed by atoms with van der Waals surface area (Å²) in [6.45, 7) is 0. The van der Waals surface area contributed by atoms with E-state index in [0.29, 0.717) is 0 Å². The van der Waals surface area contributed by atoms with Gasteiger partial charge in [0, 0.05) is 0 Å². The molecular formula is C7H4Br2Cl2O2S. The third kappa shape index (κ3) is 2.44. The number of hydrogen-bond acceptors (Lipinski definition) is 2. The quantitative estimate of drug-likeness (QED) is 0.728. The molecule has 0 heterocycles. The molecule has 0 aliphatic rings. The lowest BCUT2D eigenvalue weighted by Gasteiger charge is -2.08. The van der Waals surface area contributed by atoms with Gasteiger partial charge in [-0.05, 0) is 12.1 Å². The summed E-state index contributed by atoms with van der Waals surface area (Å²) in [5.74, 6) is 0. The maximum absolute atomic E-state index is 11.7. The van der Waals surface area contributed by atoms with Gasteiger partial charge in [0.05, 0.1) is 10.0 Å². The number of benzene rings is 1. The minimum Gasteiger partial charge on any atom is -0.222 e. The van der Waals surface area contributed by atoms with Crippen LogP contribution in [0.25, 0.3) is 0 Å². The summed E-state index contributed by atoms with van der Waals surface area (Å²) < 4.78 is 22.5. The number of rotatable bonds is 2. The first-order valence-electron chi connectivity index (χ1n) is 3.33. The van der Waals surface area contributed by atoms with E-state index < -0.39 is 12.9 Å². The summed E-state index contributed by atoms with van der Waals surface area (Å²) in [5.41, 5.74) is 0. The molecule has 0 spiro atoms. The number of alkyl halides is 2. The van der Waals surface area contributed by atoms with Gasteiger partial charge >= 0.3 is 0 Å². The number of hydrogen-bond donors (Lipinski definition) is 0. The molecule has 1 rings (SSSR count). The van der Waals surface area contributed by atoms with Gasteiger partial charge in [-0.1, -0.05) is 61.1 Å². The van der Waals surface area contributed by atoms with Crippen LogP contribution in [0.1, 0.15) is 0 Å². The van der Waals surface area contributed by atoms with Crippen molar-refractivity contribution >= 4 is 64.9 Å². The van der Waals surface area contributed by atoms with E-state index in [4.69, 9.17) is 23.2 Å². The van der Waals surface area contributed by atoms with Crippen molar-refractivity contribution in [2.45, 2.75) is 7.96 Å². The third-order valence-electron chi connectivity index (χ3n) is 1.44. The van der Waals surface area contributed by atoms with Crippen LogP contribution < -0.4 is 0 Å². The summed E-state index contributed by atoms with van der Waals surface area (Å²) in [5, 5.41) is 0.225. The van der Waals surface area contributed by atoms with Crippen molar-refractivity contribution in [2.24, 2.45) is 0 Å². The molecule has 0 saturated carbocycles. The molecule has 0 aliphatic heterocycles. The first-order chi connectivity index (χ1) is 6.37. The normalized spacial score (nSPS) is 12.1. The fraction of sp³-hybridized carbons (Fsp3) is 0.143. The molecule has 78 valence electrons. The average molecular weight is 383 g/mol. The molecule has 0 aromatic heterocycles. The van der Waals surface area contributed by atoms with Crippen molar-refractivity contribution in [1.82, 2.24) is 0 Å². The molecule has 7 heteroatoms. The van der Waals surface area contributed by atoms with Gasteiger partial charge in [-0.2, -0.15) is 0 Å². The minimum absolute atomic E-state index is 0.0675. The van der Waals surface area contributed by atoms with Crippen LogP contribution in [0.15, 0.2) is 23.1 Å². The first-order valence-corrected chi connectivity index (χ1v) is 7.47. The Labute approximate surface area is 109 Å². The molecule has 1 aromatic carbocycles. The van der Waals surface area contributed by atoms with E-state index in [1.165, 1.54) is 12.1 Å². The topological polar surface area (TPSA) is 34.1 Å². The van der Waals surface area contributed by atoms with E-state index in [0.717, 1.165) is 0 Å². The zero-order chi connectivity index (χ0) is 10.9. The predicted molar refractivity (Wildman–Crippen MR) is 65.3 cm³/mol. The molecule has 2 nitrogen and oxygen atoms in total. The van der Waals surface area contributed by atoms with E-state index in [1.54, 1.807) is 6.07 Å². The number of halogens is 4. The van der Waals surface area contributed by atoms with Crippen LogP contribution in [0, 0.1) is 0 Å². The highest BCUT2D eigenvalue weighted by Gasteiger charge is 2.27.